The summed E-state index contributed by atoms with van der Waals surface area (Å²) in [6.45, 7) is 4.02. The van der Waals surface area contributed by atoms with Gasteiger partial charge in [-0.2, -0.15) is 0 Å². The van der Waals surface area contributed by atoms with Gasteiger partial charge >= 0.3 is 11.8 Å². The Morgan fingerprint density at radius 3 is 2.04 bits per heavy atom. The van der Waals surface area contributed by atoms with E-state index in [1.165, 1.54) is 51.4 Å². The number of carbonyl (C=O) groups is 2. The van der Waals surface area contributed by atoms with E-state index in [0.29, 0.717) is 13.1 Å². The number of nitrogens with one attached hydrogen (secondary N) is 2. The van der Waals surface area contributed by atoms with Gasteiger partial charge in [-0.1, -0.05) is 64.7 Å². The first-order chi connectivity index (χ1) is 11.7. The van der Waals surface area contributed by atoms with Crippen molar-refractivity contribution < 1.29 is 14.3 Å². The molecule has 24 heavy (non-hydrogen) atoms. The highest BCUT2D eigenvalue weighted by atomic mass is 16.5. The molecule has 0 spiro atoms. The Morgan fingerprint density at radius 2 is 1.46 bits per heavy atom. The van der Waals surface area contributed by atoms with Crippen molar-refractivity contribution in [3.8, 4) is 0 Å². The van der Waals surface area contributed by atoms with Crippen LogP contribution in [-0.2, 0) is 14.3 Å². The highest BCUT2D eigenvalue weighted by Gasteiger charge is 2.18. The number of hydrogen-bond acceptors (Lipinski definition) is 3. The molecule has 1 rings (SSSR count). The number of hydrogen-bond donors (Lipinski definition) is 2. The fourth-order valence-electron chi connectivity index (χ4n) is 2.99. The van der Waals surface area contributed by atoms with Gasteiger partial charge in [0.1, 0.15) is 0 Å². The molecule has 1 atom stereocenters. The summed E-state index contributed by atoms with van der Waals surface area (Å²) in [4.78, 5) is 23.3. The van der Waals surface area contributed by atoms with Crippen LogP contribution in [0.5, 0.6) is 0 Å². The van der Waals surface area contributed by atoms with E-state index in [-0.39, 0.29) is 6.10 Å². The second-order valence-electron chi connectivity index (χ2n) is 6.78. The normalized spacial score (nSPS) is 17.0. The monoisotopic (exact) mass is 340 g/mol. The Morgan fingerprint density at radius 1 is 0.875 bits per heavy atom. The molecule has 5 heteroatoms. The Bertz CT molecular complexity index is 342. The molecule has 0 aromatic rings. The van der Waals surface area contributed by atoms with Crippen LogP contribution in [0.4, 0.5) is 0 Å². The highest BCUT2D eigenvalue weighted by Crippen LogP contribution is 2.11. The Balaban J connectivity index is 1.85. The van der Waals surface area contributed by atoms with Gasteiger partial charge in [0.25, 0.3) is 0 Å². The van der Waals surface area contributed by atoms with Crippen LogP contribution < -0.4 is 10.6 Å². The van der Waals surface area contributed by atoms with Gasteiger partial charge in [0.05, 0.1) is 6.10 Å². The van der Waals surface area contributed by atoms with Gasteiger partial charge in [-0.05, 0) is 19.3 Å². The Kier molecular flexibility index (Phi) is 12.4. The van der Waals surface area contributed by atoms with Crippen LogP contribution in [0.15, 0.2) is 0 Å². The number of unbranched alkanes of at least 4 members (excludes halogenated alkanes) is 9. The molecular weight excluding hydrogens is 304 g/mol. The maximum Gasteiger partial charge on any atom is 0.309 e. The van der Waals surface area contributed by atoms with E-state index >= 15 is 0 Å². The molecule has 0 aliphatic carbocycles. The van der Waals surface area contributed by atoms with Gasteiger partial charge in [-0.3, -0.25) is 9.59 Å². The van der Waals surface area contributed by atoms with Crippen molar-refractivity contribution in [2.24, 2.45) is 0 Å². The lowest BCUT2D eigenvalue weighted by Crippen LogP contribution is -2.42. The average molecular weight is 341 g/mol. The van der Waals surface area contributed by atoms with Crippen LogP contribution in [0.3, 0.4) is 0 Å². The summed E-state index contributed by atoms with van der Waals surface area (Å²) in [6, 6.07) is 0. The van der Waals surface area contributed by atoms with Gasteiger partial charge in [0.2, 0.25) is 0 Å². The third-order valence-electron chi connectivity index (χ3n) is 4.54. The molecule has 1 fully saturated rings. The first-order valence-corrected chi connectivity index (χ1v) is 9.91. The van der Waals surface area contributed by atoms with Crippen LogP contribution in [0, 0.1) is 0 Å². The molecule has 0 saturated carbocycles. The highest BCUT2D eigenvalue weighted by molar-refractivity contribution is 6.35. The molecule has 0 unspecified atom stereocenters. The molecule has 2 N–H and O–H groups in total. The molecule has 0 aromatic heterocycles. The molecule has 5 nitrogen and oxygen atoms in total. The van der Waals surface area contributed by atoms with Gasteiger partial charge in [-0.25, -0.2) is 0 Å². The number of carbonyl (C=O) groups excluding carboxylic acids is 2. The summed E-state index contributed by atoms with van der Waals surface area (Å²) >= 11 is 0. The summed E-state index contributed by atoms with van der Waals surface area (Å²) in [7, 11) is 0. The minimum Gasteiger partial charge on any atom is -0.376 e. The van der Waals surface area contributed by atoms with E-state index in [1.807, 2.05) is 0 Å². The number of ether oxygens (including phenoxy) is 1. The third-order valence-corrected chi connectivity index (χ3v) is 4.54. The fourth-order valence-corrected chi connectivity index (χ4v) is 2.99. The van der Waals surface area contributed by atoms with Crippen LogP contribution in [0.25, 0.3) is 0 Å². The summed E-state index contributed by atoms with van der Waals surface area (Å²) in [5, 5.41) is 5.33. The molecule has 1 saturated heterocycles. The Hall–Kier alpha value is -1.10. The molecule has 1 aliphatic rings. The van der Waals surface area contributed by atoms with Crippen LogP contribution in [-0.4, -0.2) is 37.6 Å². The van der Waals surface area contributed by atoms with E-state index in [1.54, 1.807) is 0 Å². The van der Waals surface area contributed by atoms with E-state index in [9.17, 15) is 9.59 Å². The second kappa shape index (κ2) is 14.3. The standard InChI is InChI=1S/C19H36N2O3/c1-2-3-4-5-6-7-8-9-10-11-14-20-18(22)19(23)21-16-17-13-12-15-24-17/h17H,2-16H2,1H3,(H,20,22)(H,21,23)/t17-/m1/s1. The van der Waals surface area contributed by atoms with Gasteiger partial charge in [-0.15, -0.1) is 0 Å². The van der Waals surface area contributed by atoms with Crippen LogP contribution in [0.2, 0.25) is 0 Å². The summed E-state index contributed by atoms with van der Waals surface area (Å²) in [6.07, 6.45) is 14.7. The van der Waals surface area contributed by atoms with E-state index in [4.69, 9.17) is 4.74 Å². The van der Waals surface area contributed by atoms with Crippen molar-refractivity contribution in [1.82, 2.24) is 10.6 Å². The molecule has 1 aliphatic heterocycles. The lowest BCUT2D eigenvalue weighted by molar-refractivity contribution is -0.139. The predicted octanol–water partition coefficient (Wildman–Crippen LogP) is 3.32. The molecular formula is C19H36N2O3. The smallest absolute Gasteiger partial charge is 0.309 e. The first kappa shape index (κ1) is 20.9. The average Bonchev–Trinajstić information content (AvgIpc) is 3.10. The van der Waals surface area contributed by atoms with Crippen molar-refractivity contribution in [2.45, 2.75) is 90.1 Å². The quantitative estimate of drug-likeness (QED) is 0.399. The summed E-state index contributed by atoms with van der Waals surface area (Å²) in [5.74, 6) is -1.07. The zero-order valence-corrected chi connectivity index (χ0v) is 15.4. The predicted molar refractivity (Wildman–Crippen MR) is 96.8 cm³/mol. The number of amides is 2. The van der Waals surface area contributed by atoms with E-state index < -0.39 is 11.8 Å². The van der Waals surface area contributed by atoms with Crippen molar-refractivity contribution >= 4 is 11.8 Å². The number of rotatable bonds is 13. The molecule has 0 bridgehead atoms. The van der Waals surface area contributed by atoms with E-state index in [0.717, 1.165) is 32.3 Å². The third kappa shape index (κ3) is 10.6. The van der Waals surface area contributed by atoms with Crippen molar-refractivity contribution in [2.75, 3.05) is 19.7 Å². The van der Waals surface area contributed by atoms with Crippen LogP contribution >= 0.6 is 0 Å². The lowest BCUT2D eigenvalue weighted by Gasteiger charge is -2.10. The first-order valence-electron chi connectivity index (χ1n) is 9.91. The van der Waals surface area contributed by atoms with Gasteiger partial charge in [0, 0.05) is 19.7 Å². The maximum absolute atomic E-state index is 11.6. The SMILES string of the molecule is CCCCCCCCCCCCNC(=O)C(=O)NC[C@H]1CCCO1. The van der Waals surface area contributed by atoms with Crippen molar-refractivity contribution in [3.63, 3.8) is 0 Å². The largest absolute Gasteiger partial charge is 0.376 e. The van der Waals surface area contributed by atoms with Gasteiger partial charge < -0.3 is 15.4 Å². The molecule has 0 aromatic carbocycles. The van der Waals surface area contributed by atoms with Gasteiger partial charge in [0.15, 0.2) is 0 Å². The lowest BCUT2D eigenvalue weighted by atomic mass is 10.1. The van der Waals surface area contributed by atoms with Crippen molar-refractivity contribution in [3.05, 3.63) is 0 Å². The maximum atomic E-state index is 11.6. The molecule has 0 radical (unpaired) electrons. The van der Waals surface area contributed by atoms with Crippen LogP contribution in [0.1, 0.15) is 84.0 Å². The minimum atomic E-state index is -0.544. The summed E-state index contributed by atoms with van der Waals surface area (Å²) in [5.41, 5.74) is 0. The zero-order chi connectivity index (χ0) is 17.5. The topological polar surface area (TPSA) is 67.4 Å². The zero-order valence-electron chi connectivity index (χ0n) is 15.4. The molecule has 2 amide bonds. The summed E-state index contributed by atoms with van der Waals surface area (Å²) < 4.78 is 5.41. The minimum absolute atomic E-state index is 0.0729. The van der Waals surface area contributed by atoms with Crippen molar-refractivity contribution in [1.29, 1.82) is 0 Å². The Labute approximate surface area is 147 Å². The molecule has 140 valence electrons. The fraction of sp³-hybridized carbons (Fsp3) is 0.895. The van der Waals surface area contributed by atoms with E-state index in [2.05, 4.69) is 17.6 Å². The molecule has 1 heterocycles. The second-order valence-corrected chi connectivity index (χ2v) is 6.78.